The average Bonchev–Trinajstić information content (AvgIpc) is 2.85. The van der Waals surface area contributed by atoms with Gasteiger partial charge in [0.1, 0.15) is 0 Å². The summed E-state index contributed by atoms with van der Waals surface area (Å²) < 4.78 is 4.95. The van der Waals surface area contributed by atoms with E-state index in [1.54, 1.807) is 0 Å². The largest absolute Gasteiger partial charge is 0.352 e. The lowest BCUT2D eigenvalue weighted by atomic mass is 10.2. The maximum Gasteiger partial charge on any atom is 0.228 e. The van der Waals surface area contributed by atoms with Crippen LogP contribution in [-0.4, -0.2) is 22.6 Å². The first-order valence-electron chi connectivity index (χ1n) is 6.10. The first-order valence-corrected chi connectivity index (χ1v) is 6.10. The predicted molar refractivity (Wildman–Crippen MR) is 69.0 cm³/mol. The van der Waals surface area contributed by atoms with Crippen LogP contribution in [0.4, 0.5) is 0 Å². The Morgan fingerprint density at radius 1 is 1.32 bits per heavy atom. The van der Waals surface area contributed by atoms with E-state index in [4.69, 9.17) is 10.3 Å². The van der Waals surface area contributed by atoms with E-state index in [1.165, 1.54) is 0 Å². The average molecular weight is 260 g/mol. The van der Waals surface area contributed by atoms with E-state index < -0.39 is 0 Å². The van der Waals surface area contributed by atoms with Crippen LogP contribution in [0.2, 0.25) is 0 Å². The minimum absolute atomic E-state index is 0.112. The minimum Gasteiger partial charge on any atom is -0.352 e. The van der Waals surface area contributed by atoms with Crippen molar-refractivity contribution in [3.63, 3.8) is 0 Å². The van der Waals surface area contributed by atoms with Gasteiger partial charge in [0.2, 0.25) is 11.8 Å². The molecule has 0 radical (unpaired) electrons. The highest BCUT2D eigenvalue weighted by atomic mass is 16.5. The Morgan fingerprint density at radius 3 is 2.84 bits per heavy atom. The molecule has 1 aromatic carbocycles. The fourth-order valence-corrected chi connectivity index (χ4v) is 1.59. The lowest BCUT2D eigenvalue weighted by molar-refractivity contribution is -0.120. The molecule has 100 valence electrons. The molecule has 1 heterocycles. The molecule has 0 spiro atoms. The third kappa shape index (κ3) is 4.18. The molecule has 3 N–H and O–H groups in total. The first-order chi connectivity index (χ1) is 9.28. The molecule has 0 atom stereocenters. The Labute approximate surface area is 111 Å². The van der Waals surface area contributed by atoms with Gasteiger partial charge in [0, 0.05) is 19.5 Å². The molecular formula is C13H16N4O2. The molecule has 0 saturated heterocycles. The minimum atomic E-state index is -0.135. The number of carbonyl (C=O) groups is 1. The van der Waals surface area contributed by atoms with Crippen molar-refractivity contribution in [1.82, 2.24) is 15.5 Å². The summed E-state index contributed by atoms with van der Waals surface area (Å²) in [6.45, 7) is 0.940. The maximum atomic E-state index is 11.7. The zero-order valence-corrected chi connectivity index (χ0v) is 10.5. The molecule has 19 heavy (non-hydrogen) atoms. The van der Waals surface area contributed by atoms with E-state index in [-0.39, 0.29) is 12.3 Å². The zero-order chi connectivity index (χ0) is 13.5. The second-order valence-corrected chi connectivity index (χ2v) is 4.08. The van der Waals surface area contributed by atoms with E-state index >= 15 is 0 Å². The Bertz CT molecular complexity index is 524. The van der Waals surface area contributed by atoms with E-state index in [9.17, 15) is 4.79 Å². The molecule has 0 bridgehead atoms. The second kappa shape index (κ2) is 6.65. The van der Waals surface area contributed by atoms with Crippen LogP contribution < -0.4 is 11.1 Å². The summed E-state index contributed by atoms with van der Waals surface area (Å²) in [5.74, 6) is 0.714. The van der Waals surface area contributed by atoms with Gasteiger partial charge < -0.3 is 15.6 Å². The number of amides is 1. The van der Waals surface area contributed by atoms with Gasteiger partial charge in [-0.05, 0) is 5.56 Å². The maximum absolute atomic E-state index is 11.7. The van der Waals surface area contributed by atoms with Gasteiger partial charge in [0.25, 0.3) is 0 Å². The van der Waals surface area contributed by atoms with Gasteiger partial charge in [-0.25, -0.2) is 0 Å². The highest BCUT2D eigenvalue weighted by Gasteiger charge is 2.10. The molecule has 0 aliphatic heterocycles. The molecule has 0 aliphatic rings. The third-order valence-electron chi connectivity index (χ3n) is 2.52. The summed E-state index contributed by atoms with van der Waals surface area (Å²) in [7, 11) is 0. The zero-order valence-electron chi connectivity index (χ0n) is 10.5. The van der Waals surface area contributed by atoms with E-state index in [2.05, 4.69) is 15.5 Å². The summed E-state index contributed by atoms with van der Waals surface area (Å²) in [5, 5.41) is 6.53. The smallest absolute Gasteiger partial charge is 0.228 e. The lowest BCUT2D eigenvalue weighted by Gasteiger charge is -2.03. The molecule has 2 rings (SSSR count). The highest BCUT2D eigenvalue weighted by molar-refractivity contribution is 5.77. The van der Waals surface area contributed by atoms with Crippen LogP contribution in [-0.2, 0) is 24.2 Å². The molecule has 1 aromatic heterocycles. The van der Waals surface area contributed by atoms with Crippen LogP contribution in [0.1, 0.15) is 17.3 Å². The van der Waals surface area contributed by atoms with Crippen molar-refractivity contribution in [3.05, 3.63) is 47.6 Å². The van der Waals surface area contributed by atoms with Crippen LogP contribution in [0.5, 0.6) is 0 Å². The topological polar surface area (TPSA) is 94.0 Å². The number of aromatic nitrogens is 2. The fraction of sp³-hybridized carbons (Fsp3) is 0.308. The van der Waals surface area contributed by atoms with Crippen LogP contribution in [0.3, 0.4) is 0 Å². The molecule has 1 amide bonds. The number of nitrogens with two attached hydrogens (primary N) is 1. The van der Waals surface area contributed by atoms with Crippen molar-refractivity contribution in [2.45, 2.75) is 19.4 Å². The number of hydrogen-bond donors (Lipinski definition) is 2. The van der Waals surface area contributed by atoms with Gasteiger partial charge in [-0.2, -0.15) is 4.98 Å². The summed E-state index contributed by atoms with van der Waals surface area (Å²) >= 11 is 0. The van der Waals surface area contributed by atoms with Gasteiger partial charge in [-0.3, -0.25) is 4.79 Å². The molecule has 2 aromatic rings. The van der Waals surface area contributed by atoms with Crippen molar-refractivity contribution in [2.75, 3.05) is 6.54 Å². The Hall–Kier alpha value is -2.21. The number of hydrogen-bond acceptors (Lipinski definition) is 5. The number of nitrogens with zero attached hydrogens (tertiary/aromatic N) is 2. The Morgan fingerprint density at radius 2 is 2.11 bits per heavy atom. The molecule has 6 heteroatoms. The number of nitrogens with one attached hydrogen (secondary N) is 1. The molecule has 0 unspecified atom stereocenters. The predicted octanol–water partition coefficient (Wildman–Crippen LogP) is 0.430. The van der Waals surface area contributed by atoms with Crippen LogP contribution in [0, 0.1) is 0 Å². The number of carbonyl (C=O) groups excluding carboxylic acids is 1. The number of rotatable bonds is 6. The Balaban J connectivity index is 1.80. The van der Waals surface area contributed by atoms with E-state index in [1.807, 2.05) is 30.3 Å². The van der Waals surface area contributed by atoms with E-state index in [0.717, 1.165) is 5.56 Å². The van der Waals surface area contributed by atoms with Gasteiger partial charge in [0.15, 0.2) is 5.82 Å². The summed E-state index contributed by atoms with van der Waals surface area (Å²) in [6, 6.07) is 9.70. The van der Waals surface area contributed by atoms with Crippen LogP contribution >= 0.6 is 0 Å². The van der Waals surface area contributed by atoms with Crippen molar-refractivity contribution in [3.8, 4) is 0 Å². The quantitative estimate of drug-likeness (QED) is 0.785. The molecule has 0 fully saturated rings. The highest BCUT2D eigenvalue weighted by Crippen LogP contribution is 2.00. The molecule has 6 nitrogen and oxygen atoms in total. The summed E-state index contributed by atoms with van der Waals surface area (Å²) in [4.78, 5) is 15.8. The SMILES string of the molecule is NCCc1nc(CC(=O)NCc2ccccc2)no1. The third-order valence-corrected chi connectivity index (χ3v) is 2.52. The van der Waals surface area contributed by atoms with Crippen molar-refractivity contribution in [2.24, 2.45) is 5.73 Å². The van der Waals surface area contributed by atoms with Crippen molar-refractivity contribution in [1.29, 1.82) is 0 Å². The summed E-state index contributed by atoms with van der Waals surface area (Å²) in [6.07, 6.45) is 0.638. The summed E-state index contributed by atoms with van der Waals surface area (Å²) in [5.41, 5.74) is 6.42. The van der Waals surface area contributed by atoms with E-state index in [0.29, 0.717) is 31.2 Å². The standard InChI is InChI=1S/C13H16N4O2/c14-7-6-13-16-11(17-19-13)8-12(18)15-9-10-4-2-1-3-5-10/h1-5H,6-9,14H2,(H,15,18). The van der Waals surface area contributed by atoms with Crippen LogP contribution in [0.25, 0.3) is 0 Å². The van der Waals surface area contributed by atoms with Crippen molar-refractivity contribution >= 4 is 5.91 Å². The molecule has 0 saturated carbocycles. The number of benzene rings is 1. The van der Waals surface area contributed by atoms with Crippen LogP contribution in [0.15, 0.2) is 34.9 Å². The molecular weight excluding hydrogens is 244 g/mol. The van der Waals surface area contributed by atoms with Gasteiger partial charge in [0.05, 0.1) is 6.42 Å². The van der Waals surface area contributed by atoms with Crippen molar-refractivity contribution < 1.29 is 9.32 Å². The first kappa shape index (κ1) is 13.2. The lowest BCUT2D eigenvalue weighted by Crippen LogP contribution is -2.25. The Kier molecular flexibility index (Phi) is 4.63. The van der Waals surface area contributed by atoms with Gasteiger partial charge in [-0.1, -0.05) is 35.5 Å². The molecule has 0 aliphatic carbocycles. The monoisotopic (exact) mass is 260 g/mol. The normalized spacial score (nSPS) is 10.4. The second-order valence-electron chi connectivity index (χ2n) is 4.08. The van der Waals surface area contributed by atoms with Gasteiger partial charge in [-0.15, -0.1) is 0 Å². The fourth-order valence-electron chi connectivity index (χ4n) is 1.59. The van der Waals surface area contributed by atoms with Gasteiger partial charge >= 0.3 is 0 Å².